The molecule has 114 valence electrons. The van der Waals surface area contributed by atoms with Crippen molar-refractivity contribution in [3.05, 3.63) is 34.3 Å². The van der Waals surface area contributed by atoms with Crippen LogP contribution in [0.25, 0.3) is 6.08 Å². The van der Waals surface area contributed by atoms with E-state index in [1.54, 1.807) is 6.08 Å². The predicted molar refractivity (Wildman–Crippen MR) is 90.7 cm³/mol. The molecule has 0 saturated heterocycles. The highest BCUT2D eigenvalue weighted by atomic mass is 79.9. The van der Waals surface area contributed by atoms with Crippen LogP contribution in [0.5, 0.6) is 0 Å². The average Bonchev–Trinajstić information content (AvgIpc) is 2.46. The number of hydrogen-bond acceptors (Lipinski definition) is 2. The van der Waals surface area contributed by atoms with Gasteiger partial charge >= 0.3 is 5.97 Å². The largest absolute Gasteiger partial charge is 0.478 e. The fraction of sp³-hybridized carbons (Fsp3) is 0.471. The summed E-state index contributed by atoms with van der Waals surface area (Å²) in [4.78, 5) is 13.0. The Morgan fingerprint density at radius 3 is 2.76 bits per heavy atom. The summed E-state index contributed by atoms with van der Waals surface area (Å²) < 4.78 is 1.01. The van der Waals surface area contributed by atoms with Crippen LogP contribution >= 0.6 is 15.9 Å². The highest BCUT2D eigenvalue weighted by Crippen LogP contribution is 2.29. The Hall–Kier alpha value is -1.29. The Labute approximate surface area is 134 Å². The fourth-order valence-corrected chi connectivity index (χ4v) is 3.35. The summed E-state index contributed by atoms with van der Waals surface area (Å²) in [5.41, 5.74) is 2.02. The van der Waals surface area contributed by atoms with Gasteiger partial charge in [0.25, 0.3) is 0 Å². The lowest BCUT2D eigenvalue weighted by Gasteiger charge is -2.29. The molecular formula is C17H22BrNO2. The van der Waals surface area contributed by atoms with E-state index in [2.05, 4.69) is 33.9 Å². The monoisotopic (exact) mass is 351 g/mol. The van der Waals surface area contributed by atoms with E-state index in [9.17, 15) is 4.79 Å². The summed E-state index contributed by atoms with van der Waals surface area (Å²) in [6, 6.07) is 5.96. The molecule has 1 N–H and O–H groups in total. The molecule has 1 aromatic rings. The maximum atomic E-state index is 10.7. The SMILES string of the molecule is CN(CC1CCCCC1)c1cc(Br)ccc1C=CC(=O)O. The van der Waals surface area contributed by atoms with Gasteiger partial charge in [-0.1, -0.05) is 41.3 Å². The maximum absolute atomic E-state index is 10.7. The minimum absolute atomic E-state index is 0.749. The molecule has 0 aliphatic heterocycles. The first-order chi connectivity index (χ1) is 10.1. The summed E-state index contributed by atoms with van der Waals surface area (Å²) in [6.45, 7) is 1.03. The van der Waals surface area contributed by atoms with Gasteiger partial charge in [0.1, 0.15) is 0 Å². The zero-order valence-electron chi connectivity index (χ0n) is 12.4. The number of carboxylic acids is 1. The summed E-state index contributed by atoms with van der Waals surface area (Å²) in [7, 11) is 2.09. The van der Waals surface area contributed by atoms with Crippen molar-refractivity contribution in [3.8, 4) is 0 Å². The van der Waals surface area contributed by atoms with E-state index in [4.69, 9.17) is 5.11 Å². The molecule has 0 heterocycles. The van der Waals surface area contributed by atoms with Crippen LogP contribution in [0.15, 0.2) is 28.7 Å². The molecule has 4 heteroatoms. The molecule has 1 aliphatic rings. The van der Waals surface area contributed by atoms with Gasteiger partial charge in [0, 0.05) is 29.8 Å². The van der Waals surface area contributed by atoms with E-state index in [1.807, 2.05) is 12.1 Å². The standard InChI is InChI=1S/C17H22BrNO2/c1-19(12-13-5-3-2-4-6-13)16-11-15(18)9-7-14(16)8-10-17(20)21/h7-11,13H,2-6,12H2,1H3,(H,20,21). The molecule has 1 saturated carbocycles. The lowest BCUT2D eigenvalue weighted by molar-refractivity contribution is -0.131. The fourth-order valence-electron chi connectivity index (χ4n) is 3.00. The van der Waals surface area contributed by atoms with Crippen LogP contribution in [0, 0.1) is 5.92 Å². The van der Waals surface area contributed by atoms with Crippen LogP contribution in [-0.4, -0.2) is 24.7 Å². The summed E-state index contributed by atoms with van der Waals surface area (Å²) in [6.07, 6.45) is 9.51. The Morgan fingerprint density at radius 1 is 1.38 bits per heavy atom. The van der Waals surface area contributed by atoms with E-state index in [0.29, 0.717) is 0 Å². The van der Waals surface area contributed by atoms with Crippen molar-refractivity contribution in [2.45, 2.75) is 32.1 Å². The van der Waals surface area contributed by atoms with Crippen LogP contribution in [0.3, 0.4) is 0 Å². The highest BCUT2D eigenvalue weighted by molar-refractivity contribution is 9.10. The first-order valence-corrected chi connectivity index (χ1v) is 8.27. The summed E-state index contributed by atoms with van der Waals surface area (Å²) in [5, 5.41) is 8.81. The Kier molecular flexibility index (Phi) is 5.85. The van der Waals surface area contributed by atoms with Crippen LogP contribution in [-0.2, 0) is 4.79 Å². The topological polar surface area (TPSA) is 40.5 Å². The van der Waals surface area contributed by atoms with Crippen molar-refractivity contribution in [1.29, 1.82) is 0 Å². The van der Waals surface area contributed by atoms with E-state index in [1.165, 1.54) is 38.2 Å². The number of rotatable bonds is 5. The molecule has 3 nitrogen and oxygen atoms in total. The number of benzene rings is 1. The Bertz CT molecular complexity index is 522. The van der Waals surface area contributed by atoms with Crippen LogP contribution in [0.1, 0.15) is 37.7 Å². The van der Waals surface area contributed by atoms with Gasteiger partial charge in [0.05, 0.1) is 0 Å². The number of carbonyl (C=O) groups is 1. The van der Waals surface area contributed by atoms with Gasteiger partial charge in [-0.25, -0.2) is 4.79 Å². The van der Waals surface area contributed by atoms with E-state index in [0.717, 1.165) is 28.2 Å². The highest BCUT2D eigenvalue weighted by Gasteiger charge is 2.16. The van der Waals surface area contributed by atoms with E-state index < -0.39 is 5.97 Å². The van der Waals surface area contributed by atoms with E-state index in [-0.39, 0.29) is 0 Å². The number of carboxylic acid groups (broad SMARTS) is 1. The summed E-state index contributed by atoms with van der Waals surface area (Å²) in [5.74, 6) is -0.169. The van der Waals surface area contributed by atoms with Crippen molar-refractivity contribution < 1.29 is 9.90 Å². The molecule has 0 bridgehead atoms. The third kappa shape index (κ3) is 4.88. The minimum Gasteiger partial charge on any atom is -0.478 e. The van der Waals surface area contributed by atoms with Crippen LogP contribution in [0.2, 0.25) is 0 Å². The molecule has 1 aromatic carbocycles. The maximum Gasteiger partial charge on any atom is 0.328 e. The van der Waals surface area contributed by atoms with E-state index >= 15 is 0 Å². The second-order valence-corrected chi connectivity index (χ2v) is 6.67. The Balaban J connectivity index is 2.15. The normalized spacial score (nSPS) is 16.3. The molecule has 0 amide bonds. The molecule has 0 aromatic heterocycles. The van der Waals surface area contributed by atoms with Gasteiger partial charge in [-0.3, -0.25) is 0 Å². The average molecular weight is 352 g/mol. The zero-order chi connectivity index (χ0) is 15.2. The van der Waals surface area contributed by atoms with Gasteiger partial charge < -0.3 is 10.0 Å². The molecule has 1 aliphatic carbocycles. The number of hydrogen-bond donors (Lipinski definition) is 1. The smallest absolute Gasteiger partial charge is 0.328 e. The van der Waals surface area contributed by atoms with Crippen molar-refractivity contribution >= 4 is 33.7 Å². The van der Waals surface area contributed by atoms with Gasteiger partial charge in [-0.15, -0.1) is 0 Å². The zero-order valence-corrected chi connectivity index (χ0v) is 14.0. The Morgan fingerprint density at radius 2 is 2.10 bits per heavy atom. The first kappa shape index (κ1) is 16.1. The quantitative estimate of drug-likeness (QED) is 0.790. The van der Waals surface area contributed by atoms with Crippen LogP contribution in [0.4, 0.5) is 5.69 Å². The molecule has 0 unspecified atom stereocenters. The predicted octanol–water partition coefficient (Wildman–Crippen LogP) is 4.56. The van der Waals surface area contributed by atoms with Gasteiger partial charge in [-0.05, 0) is 42.5 Å². The lowest BCUT2D eigenvalue weighted by Crippen LogP contribution is -2.27. The third-order valence-electron chi connectivity index (χ3n) is 4.07. The van der Waals surface area contributed by atoms with Gasteiger partial charge in [-0.2, -0.15) is 0 Å². The van der Waals surface area contributed by atoms with Crippen molar-refractivity contribution in [2.75, 3.05) is 18.5 Å². The number of anilines is 1. The van der Waals surface area contributed by atoms with Crippen molar-refractivity contribution in [1.82, 2.24) is 0 Å². The third-order valence-corrected chi connectivity index (χ3v) is 4.56. The minimum atomic E-state index is -0.918. The molecular weight excluding hydrogens is 330 g/mol. The number of nitrogens with zero attached hydrogens (tertiary/aromatic N) is 1. The molecule has 1 fully saturated rings. The molecule has 0 atom stereocenters. The number of halogens is 1. The lowest BCUT2D eigenvalue weighted by atomic mass is 9.89. The van der Waals surface area contributed by atoms with Crippen molar-refractivity contribution in [3.63, 3.8) is 0 Å². The molecule has 21 heavy (non-hydrogen) atoms. The summed E-state index contributed by atoms with van der Waals surface area (Å²) >= 11 is 3.50. The van der Waals surface area contributed by atoms with Crippen LogP contribution < -0.4 is 4.90 Å². The number of aliphatic carboxylic acids is 1. The first-order valence-electron chi connectivity index (χ1n) is 7.48. The molecule has 0 spiro atoms. The van der Waals surface area contributed by atoms with Crippen molar-refractivity contribution in [2.24, 2.45) is 5.92 Å². The second-order valence-electron chi connectivity index (χ2n) is 5.76. The second kappa shape index (κ2) is 7.64. The molecule has 0 radical (unpaired) electrons. The van der Waals surface area contributed by atoms with Gasteiger partial charge in [0.15, 0.2) is 0 Å². The van der Waals surface area contributed by atoms with Gasteiger partial charge in [0.2, 0.25) is 0 Å². The molecule has 2 rings (SSSR count).